The molecule has 0 amide bonds. The van der Waals surface area contributed by atoms with E-state index >= 15 is 0 Å². The van der Waals surface area contributed by atoms with Crippen LogP contribution in [0.3, 0.4) is 0 Å². The summed E-state index contributed by atoms with van der Waals surface area (Å²) in [5.41, 5.74) is 2.15. The normalized spacial score (nSPS) is 10.6. The lowest BCUT2D eigenvalue weighted by Gasteiger charge is -2.06. The molecule has 0 aliphatic carbocycles. The molecule has 0 N–H and O–H groups in total. The van der Waals surface area contributed by atoms with Crippen LogP contribution in [0.2, 0.25) is 0 Å². The van der Waals surface area contributed by atoms with Crippen molar-refractivity contribution in [1.82, 2.24) is 0 Å². The van der Waals surface area contributed by atoms with Gasteiger partial charge >= 0.3 is 0 Å². The van der Waals surface area contributed by atoms with E-state index in [1.54, 1.807) is 14.2 Å². The maximum atomic E-state index is 5.23. The van der Waals surface area contributed by atoms with Crippen LogP contribution in [0.4, 0.5) is 0 Å². The Morgan fingerprint density at radius 1 is 0.947 bits per heavy atom. The van der Waals surface area contributed by atoms with Gasteiger partial charge in [-0.3, -0.25) is 4.99 Å². The molecule has 0 heterocycles. The second kappa shape index (κ2) is 6.59. The Balaban J connectivity index is 2.08. The number of nitrogens with zero attached hydrogens (tertiary/aromatic N) is 1. The van der Waals surface area contributed by atoms with Crippen molar-refractivity contribution in [3.63, 3.8) is 0 Å². The average molecular weight is 255 g/mol. The van der Waals surface area contributed by atoms with Crippen molar-refractivity contribution in [3.05, 3.63) is 59.7 Å². The van der Waals surface area contributed by atoms with E-state index in [1.807, 2.05) is 54.7 Å². The van der Waals surface area contributed by atoms with Crippen molar-refractivity contribution in [2.24, 2.45) is 4.99 Å². The summed E-state index contributed by atoms with van der Waals surface area (Å²) < 4.78 is 10.5. The first kappa shape index (κ1) is 13.1. The summed E-state index contributed by atoms with van der Waals surface area (Å²) in [6.45, 7) is 0.600. The standard InChI is InChI=1S/C16H17NO2/c1-18-15-8-14(9-16(10-15)19-2)12-17-11-13-6-4-3-5-7-13/h3-11H,12H2,1-2H3. The molecule has 2 aromatic rings. The molecule has 0 aliphatic heterocycles. The van der Waals surface area contributed by atoms with E-state index in [0.717, 1.165) is 22.6 Å². The van der Waals surface area contributed by atoms with Crippen molar-refractivity contribution in [1.29, 1.82) is 0 Å². The van der Waals surface area contributed by atoms with Crippen molar-refractivity contribution in [2.75, 3.05) is 14.2 Å². The summed E-state index contributed by atoms with van der Waals surface area (Å²) in [6, 6.07) is 15.8. The van der Waals surface area contributed by atoms with Crippen LogP contribution < -0.4 is 9.47 Å². The van der Waals surface area contributed by atoms with Crippen molar-refractivity contribution in [3.8, 4) is 11.5 Å². The molecule has 0 aromatic heterocycles. The first-order chi connectivity index (χ1) is 9.31. The molecule has 3 heteroatoms. The minimum atomic E-state index is 0.600. The molecule has 3 nitrogen and oxygen atoms in total. The van der Waals surface area contributed by atoms with Gasteiger partial charge in [-0.25, -0.2) is 0 Å². The van der Waals surface area contributed by atoms with Gasteiger partial charge in [-0.05, 0) is 23.3 Å². The van der Waals surface area contributed by atoms with Gasteiger partial charge in [0, 0.05) is 12.3 Å². The third kappa shape index (κ3) is 3.85. The highest BCUT2D eigenvalue weighted by Crippen LogP contribution is 2.22. The zero-order valence-electron chi connectivity index (χ0n) is 11.2. The van der Waals surface area contributed by atoms with E-state index in [0.29, 0.717) is 6.54 Å². The Kier molecular flexibility index (Phi) is 4.56. The summed E-state index contributed by atoms with van der Waals surface area (Å²) in [5.74, 6) is 1.56. The molecular weight excluding hydrogens is 238 g/mol. The van der Waals surface area contributed by atoms with Gasteiger partial charge in [-0.15, -0.1) is 0 Å². The van der Waals surface area contributed by atoms with E-state index in [1.165, 1.54) is 0 Å². The Bertz CT molecular complexity index is 528. The van der Waals surface area contributed by atoms with Crippen LogP contribution >= 0.6 is 0 Å². The monoisotopic (exact) mass is 255 g/mol. The molecule has 0 radical (unpaired) electrons. The quantitative estimate of drug-likeness (QED) is 0.767. The molecule has 0 unspecified atom stereocenters. The Hall–Kier alpha value is -2.29. The Labute approximate surface area is 113 Å². The predicted octanol–water partition coefficient (Wildman–Crippen LogP) is 3.32. The largest absolute Gasteiger partial charge is 0.497 e. The van der Waals surface area contributed by atoms with Gasteiger partial charge in [0.1, 0.15) is 11.5 Å². The number of methoxy groups -OCH3 is 2. The molecular formula is C16H17NO2. The molecule has 0 atom stereocenters. The number of ether oxygens (including phenoxy) is 2. The number of aliphatic imine (C=N–C) groups is 1. The van der Waals surface area contributed by atoms with Crippen LogP contribution in [0.15, 0.2) is 53.5 Å². The Morgan fingerprint density at radius 3 is 2.16 bits per heavy atom. The number of hydrogen-bond donors (Lipinski definition) is 0. The molecule has 0 aliphatic rings. The lowest BCUT2D eigenvalue weighted by molar-refractivity contribution is 0.393. The van der Waals surface area contributed by atoms with E-state index in [4.69, 9.17) is 9.47 Å². The molecule has 19 heavy (non-hydrogen) atoms. The Morgan fingerprint density at radius 2 is 1.58 bits per heavy atom. The average Bonchev–Trinajstić information content (AvgIpc) is 2.48. The smallest absolute Gasteiger partial charge is 0.122 e. The van der Waals surface area contributed by atoms with Gasteiger partial charge in [0.05, 0.1) is 20.8 Å². The van der Waals surface area contributed by atoms with Crippen molar-refractivity contribution >= 4 is 6.21 Å². The highest BCUT2D eigenvalue weighted by atomic mass is 16.5. The molecule has 0 saturated carbocycles. The molecule has 0 fully saturated rings. The van der Waals surface area contributed by atoms with Gasteiger partial charge in [0.2, 0.25) is 0 Å². The first-order valence-corrected chi connectivity index (χ1v) is 6.08. The maximum absolute atomic E-state index is 5.23. The third-order valence-corrected chi connectivity index (χ3v) is 2.73. The summed E-state index contributed by atoms with van der Waals surface area (Å²) >= 11 is 0. The number of hydrogen-bond acceptors (Lipinski definition) is 3. The highest BCUT2D eigenvalue weighted by Gasteiger charge is 2.00. The molecule has 0 spiro atoms. The SMILES string of the molecule is COc1cc(CN=Cc2ccccc2)cc(OC)c1. The van der Waals surface area contributed by atoms with Crippen LogP contribution in [0.5, 0.6) is 11.5 Å². The van der Waals surface area contributed by atoms with E-state index < -0.39 is 0 Å². The maximum Gasteiger partial charge on any atom is 0.122 e. The fourth-order valence-electron chi connectivity index (χ4n) is 1.75. The third-order valence-electron chi connectivity index (χ3n) is 2.73. The number of rotatable bonds is 5. The first-order valence-electron chi connectivity index (χ1n) is 6.08. The van der Waals surface area contributed by atoms with Crippen LogP contribution in [-0.2, 0) is 6.54 Å². The van der Waals surface area contributed by atoms with Crippen molar-refractivity contribution in [2.45, 2.75) is 6.54 Å². The van der Waals surface area contributed by atoms with E-state index in [9.17, 15) is 0 Å². The van der Waals surface area contributed by atoms with E-state index in [2.05, 4.69) is 4.99 Å². The second-order valence-corrected chi connectivity index (χ2v) is 4.10. The number of benzene rings is 2. The molecule has 2 aromatic carbocycles. The van der Waals surface area contributed by atoms with Gasteiger partial charge in [0.15, 0.2) is 0 Å². The van der Waals surface area contributed by atoms with Gasteiger partial charge < -0.3 is 9.47 Å². The van der Waals surface area contributed by atoms with E-state index in [-0.39, 0.29) is 0 Å². The zero-order valence-corrected chi connectivity index (χ0v) is 11.2. The molecule has 0 bridgehead atoms. The zero-order chi connectivity index (χ0) is 13.5. The van der Waals surface area contributed by atoms with Gasteiger partial charge in [-0.2, -0.15) is 0 Å². The highest BCUT2D eigenvalue weighted by molar-refractivity contribution is 5.79. The topological polar surface area (TPSA) is 30.8 Å². The van der Waals surface area contributed by atoms with Gasteiger partial charge in [0.25, 0.3) is 0 Å². The van der Waals surface area contributed by atoms with Crippen LogP contribution in [0, 0.1) is 0 Å². The molecule has 0 saturated heterocycles. The van der Waals surface area contributed by atoms with Crippen LogP contribution in [0.1, 0.15) is 11.1 Å². The minimum absolute atomic E-state index is 0.600. The summed E-state index contributed by atoms with van der Waals surface area (Å²) in [6.07, 6.45) is 1.87. The summed E-state index contributed by atoms with van der Waals surface area (Å²) in [5, 5.41) is 0. The lowest BCUT2D eigenvalue weighted by Crippen LogP contribution is -1.91. The fraction of sp³-hybridized carbons (Fsp3) is 0.188. The lowest BCUT2D eigenvalue weighted by atomic mass is 10.2. The second-order valence-electron chi connectivity index (χ2n) is 4.10. The molecule has 2 rings (SSSR count). The van der Waals surface area contributed by atoms with Crippen LogP contribution in [0.25, 0.3) is 0 Å². The predicted molar refractivity (Wildman–Crippen MR) is 77.3 cm³/mol. The fourth-order valence-corrected chi connectivity index (χ4v) is 1.75. The summed E-state index contributed by atoms with van der Waals surface area (Å²) in [7, 11) is 3.29. The van der Waals surface area contributed by atoms with Gasteiger partial charge in [-0.1, -0.05) is 30.3 Å². The molecule has 98 valence electrons. The van der Waals surface area contributed by atoms with Crippen molar-refractivity contribution < 1.29 is 9.47 Å². The minimum Gasteiger partial charge on any atom is -0.497 e. The summed E-state index contributed by atoms with van der Waals surface area (Å²) in [4.78, 5) is 4.43. The van der Waals surface area contributed by atoms with Crippen LogP contribution in [-0.4, -0.2) is 20.4 Å².